The number of likely N-dealkylation sites (tertiary alicyclic amines) is 1. The Bertz CT molecular complexity index is 1190. The van der Waals surface area contributed by atoms with Crippen LogP contribution in [0, 0.1) is 0 Å². The molecule has 1 fully saturated rings. The molecule has 13 heteroatoms. The first-order valence-corrected chi connectivity index (χ1v) is 11.3. The predicted octanol–water partition coefficient (Wildman–Crippen LogP) is 1.87. The summed E-state index contributed by atoms with van der Waals surface area (Å²) in [6.07, 6.45) is -3.05. The SMILES string of the molecule is CC(N)c1ccc([C@@H](NC(=O)[C@@H]2C[C@@H](F)CN2C(=O)Cn2nnnc2C(F)F)c2ccccc2)nc1. The van der Waals surface area contributed by atoms with E-state index >= 15 is 0 Å². The number of aromatic nitrogens is 5. The lowest BCUT2D eigenvalue weighted by molar-refractivity contribution is -0.139. The Morgan fingerprint density at radius 2 is 1.92 bits per heavy atom. The van der Waals surface area contributed by atoms with Gasteiger partial charge in [0.15, 0.2) is 0 Å². The highest BCUT2D eigenvalue weighted by atomic mass is 19.3. The van der Waals surface area contributed by atoms with Crippen molar-refractivity contribution in [2.45, 2.75) is 50.6 Å². The van der Waals surface area contributed by atoms with E-state index in [9.17, 15) is 22.8 Å². The second-order valence-electron chi connectivity index (χ2n) is 8.55. The molecule has 0 saturated carbocycles. The van der Waals surface area contributed by atoms with E-state index in [-0.39, 0.29) is 19.0 Å². The number of alkyl halides is 3. The van der Waals surface area contributed by atoms with Crippen LogP contribution in [0.15, 0.2) is 48.7 Å². The highest BCUT2D eigenvalue weighted by molar-refractivity contribution is 5.88. The van der Waals surface area contributed by atoms with Crippen molar-refractivity contribution in [3.63, 3.8) is 0 Å². The van der Waals surface area contributed by atoms with E-state index in [2.05, 4.69) is 25.8 Å². The van der Waals surface area contributed by atoms with Gasteiger partial charge in [-0.05, 0) is 34.5 Å². The Kier molecular flexibility index (Phi) is 7.58. The molecule has 1 saturated heterocycles. The first-order valence-electron chi connectivity index (χ1n) is 11.3. The summed E-state index contributed by atoms with van der Waals surface area (Å²) < 4.78 is 41.1. The molecule has 1 unspecified atom stereocenters. The maximum atomic E-state index is 14.4. The standard InChI is InChI=1S/C23H25F3N8O2/c1-13(27)15-7-8-17(28-10-15)20(14-5-3-2-4-6-14)29-23(36)18-9-16(24)11-33(18)19(35)12-34-22(21(25)26)30-31-32-34/h2-8,10,13,16,18,20-21H,9,11-12,27H2,1H3,(H,29,36)/t13?,16-,18+,20+/m1/s1. The molecule has 0 bridgehead atoms. The first-order chi connectivity index (χ1) is 17.2. The minimum Gasteiger partial charge on any atom is -0.342 e. The van der Waals surface area contributed by atoms with Crippen molar-refractivity contribution in [1.29, 1.82) is 0 Å². The van der Waals surface area contributed by atoms with Crippen LogP contribution in [0.4, 0.5) is 13.2 Å². The highest BCUT2D eigenvalue weighted by Gasteiger charge is 2.41. The van der Waals surface area contributed by atoms with Crippen molar-refractivity contribution in [1.82, 2.24) is 35.4 Å². The number of benzene rings is 1. The van der Waals surface area contributed by atoms with Gasteiger partial charge in [0.25, 0.3) is 6.43 Å². The summed E-state index contributed by atoms with van der Waals surface area (Å²) in [4.78, 5) is 31.7. The fraction of sp³-hybridized carbons (Fsp3) is 0.391. The summed E-state index contributed by atoms with van der Waals surface area (Å²) in [5.74, 6) is -2.13. The fourth-order valence-corrected chi connectivity index (χ4v) is 4.08. The zero-order valence-electron chi connectivity index (χ0n) is 19.3. The molecule has 0 radical (unpaired) electrons. The topological polar surface area (TPSA) is 132 Å². The number of hydrogen-bond donors (Lipinski definition) is 2. The lowest BCUT2D eigenvalue weighted by Crippen LogP contribution is -2.48. The molecule has 0 spiro atoms. The number of carbonyl (C=O) groups is 2. The van der Waals surface area contributed by atoms with Crippen LogP contribution in [-0.2, 0) is 16.1 Å². The van der Waals surface area contributed by atoms with Crippen LogP contribution < -0.4 is 11.1 Å². The van der Waals surface area contributed by atoms with Crippen LogP contribution in [0.3, 0.4) is 0 Å². The molecule has 0 aliphatic carbocycles. The Balaban J connectivity index is 1.55. The largest absolute Gasteiger partial charge is 0.342 e. The van der Waals surface area contributed by atoms with Gasteiger partial charge in [0.1, 0.15) is 18.8 Å². The zero-order chi connectivity index (χ0) is 25.8. The van der Waals surface area contributed by atoms with E-state index in [4.69, 9.17) is 5.73 Å². The first kappa shape index (κ1) is 25.2. The molecule has 1 aromatic carbocycles. The molecule has 3 heterocycles. The van der Waals surface area contributed by atoms with Gasteiger partial charge in [0.2, 0.25) is 17.6 Å². The summed E-state index contributed by atoms with van der Waals surface area (Å²) in [6, 6.07) is 10.6. The average molecular weight is 503 g/mol. The molecule has 1 aliphatic rings. The highest BCUT2D eigenvalue weighted by Crippen LogP contribution is 2.26. The van der Waals surface area contributed by atoms with Gasteiger partial charge >= 0.3 is 0 Å². The number of nitrogens with one attached hydrogen (secondary N) is 1. The Morgan fingerprint density at radius 1 is 1.17 bits per heavy atom. The van der Waals surface area contributed by atoms with Crippen LogP contribution in [-0.4, -0.2) is 60.7 Å². The van der Waals surface area contributed by atoms with Crippen LogP contribution in [0.25, 0.3) is 0 Å². The Labute approximate surface area is 204 Å². The van der Waals surface area contributed by atoms with E-state index in [0.29, 0.717) is 10.4 Å². The average Bonchev–Trinajstić information content (AvgIpc) is 3.49. The predicted molar refractivity (Wildman–Crippen MR) is 121 cm³/mol. The molecule has 10 nitrogen and oxygen atoms in total. The lowest BCUT2D eigenvalue weighted by Gasteiger charge is -2.26. The van der Waals surface area contributed by atoms with Crippen LogP contribution in [0.5, 0.6) is 0 Å². The minimum atomic E-state index is -2.99. The van der Waals surface area contributed by atoms with Crippen molar-refractivity contribution in [2.24, 2.45) is 5.73 Å². The smallest absolute Gasteiger partial charge is 0.298 e. The number of nitrogens with zero attached hydrogens (tertiary/aromatic N) is 6. The summed E-state index contributed by atoms with van der Waals surface area (Å²) >= 11 is 0. The van der Waals surface area contributed by atoms with Crippen molar-refractivity contribution >= 4 is 11.8 Å². The zero-order valence-corrected chi connectivity index (χ0v) is 19.3. The number of halogens is 3. The number of pyridine rings is 1. The minimum absolute atomic E-state index is 0.221. The molecule has 3 aromatic rings. The Hall–Kier alpha value is -3.87. The molecule has 190 valence electrons. The quantitative estimate of drug-likeness (QED) is 0.481. The number of hydrogen-bond acceptors (Lipinski definition) is 7. The molecule has 2 aromatic heterocycles. The van der Waals surface area contributed by atoms with Crippen LogP contribution in [0.1, 0.15) is 54.5 Å². The number of tetrazole rings is 1. The van der Waals surface area contributed by atoms with Gasteiger partial charge in [-0.1, -0.05) is 36.4 Å². The number of amides is 2. The Morgan fingerprint density at radius 3 is 2.56 bits per heavy atom. The van der Waals surface area contributed by atoms with Crippen LogP contribution in [0.2, 0.25) is 0 Å². The third-order valence-electron chi connectivity index (χ3n) is 5.96. The molecular formula is C23H25F3N8O2. The molecule has 36 heavy (non-hydrogen) atoms. The number of carbonyl (C=O) groups excluding carboxylic acids is 2. The van der Waals surface area contributed by atoms with E-state index in [0.717, 1.165) is 16.0 Å². The summed E-state index contributed by atoms with van der Waals surface area (Å²) in [5, 5.41) is 12.6. The fourth-order valence-electron chi connectivity index (χ4n) is 4.08. The second-order valence-corrected chi connectivity index (χ2v) is 8.55. The normalized spacial score (nSPS) is 19.3. The molecule has 1 aliphatic heterocycles. The van der Waals surface area contributed by atoms with Gasteiger partial charge in [0.05, 0.1) is 18.3 Å². The van der Waals surface area contributed by atoms with E-state index in [1.807, 2.05) is 31.2 Å². The second kappa shape index (κ2) is 10.8. The third kappa shape index (κ3) is 5.51. The molecule has 4 atom stereocenters. The van der Waals surface area contributed by atoms with Crippen LogP contribution >= 0.6 is 0 Å². The lowest BCUT2D eigenvalue weighted by atomic mass is 10.0. The maximum Gasteiger partial charge on any atom is 0.298 e. The van der Waals surface area contributed by atoms with Gasteiger partial charge in [-0.3, -0.25) is 14.6 Å². The summed E-state index contributed by atoms with van der Waals surface area (Å²) in [5.41, 5.74) is 7.98. The van der Waals surface area contributed by atoms with Crippen molar-refractivity contribution in [3.8, 4) is 0 Å². The summed E-state index contributed by atoms with van der Waals surface area (Å²) in [6.45, 7) is 0.831. The van der Waals surface area contributed by atoms with Crippen molar-refractivity contribution < 1.29 is 22.8 Å². The molecular weight excluding hydrogens is 477 g/mol. The van der Waals surface area contributed by atoms with Gasteiger partial charge in [-0.25, -0.2) is 17.9 Å². The number of nitrogens with two attached hydrogens (primary N) is 1. The number of rotatable bonds is 8. The third-order valence-corrected chi connectivity index (χ3v) is 5.96. The van der Waals surface area contributed by atoms with Crippen molar-refractivity contribution in [3.05, 3.63) is 71.3 Å². The monoisotopic (exact) mass is 502 g/mol. The maximum absolute atomic E-state index is 14.4. The van der Waals surface area contributed by atoms with Gasteiger partial charge in [0, 0.05) is 18.7 Å². The van der Waals surface area contributed by atoms with Crippen molar-refractivity contribution in [2.75, 3.05) is 6.54 Å². The van der Waals surface area contributed by atoms with Gasteiger partial charge in [-0.2, -0.15) is 0 Å². The van der Waals surface area contributed by atoms with Gasteiger partial charge < -0.3 is 16.0 Å². The van der Waals surface area contributed by atoms with Gasteiger partial charge in [-0.15, -0.1) is 5.10 Å². The molecule has 3 N–H and O–H groups in total. The summed E-state index contributed by atoms with van der Waals surface area (Å²) in [7, 11) is 0. The van der Waals surface area contributed by atoms with E-state index < -0.39 is 48.9 Å². The van der Waals surface area contributed by atoms with E-state index in [1.54, 1.807) is 24.4 Å². The van der Waals surface area contributed by atoms with E-state index in [1.165, 1.54) is 0 Å². The molecule has 4 rings (SSSR count). The molecule has 2 amide bonds.